The summed E-state index contributed by atoms with van der Waals surface area (Å²) in [7, 11) is -3.39. The molecule has 0 N–H and O–H groups in total. The van der Waals surface area contributed by atoms with E-state index in [-0.39, 0.29) is 11.5 Å². The van der Waals surface area contributed by atoms with E-state index < -0.39 is 9.84 Å². The van der Waals surface area contributed by atoms with Crippen LogP contribution in [0.1, 0.15) is 11.1 Å². The molecule has 2 aromatic carbocycles. The van der Waals surface area contributed by atoms with Crippen LogP contribution in [0.2, 0.25) is 20.1 Å². The Morgan fingerprint density at radius 3 is 1.19 bits per heavy atom. The minimum Gasteiger partial charge on any atom is -0.228 e. The Morgan fingerprint density at radius 2 is 0.905 bits per heavy atom. The first-order chi connectivity index (χ1) is 9.73. The monoisotopic (exact) mass is 382 g/mol. The van der Waals surface area contributed by atoms with Crippen LogP contribution in [-0.4, -0.2) is 8.42 Å². The maximum atomic E-state index is 12.2. The molecule has 0 radical (unpaired) electrons. The summed E-state index contributed by atoms with van der Waals surface area (Å²) in [5.41, 5.74) is 1.08. The van der Waals surface area contributed by atoms with E-state index in [1.807, 2.05) is 0 Å². The molecule has 21 heavy (non-hydrogen) atoms. The molecular formula is C14H10Cl4O2S. The number of halogens is 4. The van der Waals surface area contributed by atoms with Gasteiger partial charge in [0.25, 0.3) is 0 Å². The van der Waals surface area contributed by atoms with Crippen LogP contribution in [-0.2, 0) is 21.3 Å². The van der Waals surface area contributed by atoms with Crippen LogP contribution >= 0.6 is 46.4 Å². The van der Waals surface area contributed by atoms with Crippen molar-refractivity contribution in [2.24, 2.45) is 0 Å². The van der Waals surface area contributed by atoms with Gasteiger partial charge in [0.2, 0.25) is 0 Å². The van der Waals surface area contributed by atoms with E-state index >= 15 is 0 Å². The van der Waals surface area contributed by atoms with Gasteiger partial charge in [-0.2, -0.15) is 0 Å². The predicted molar refractivity (Wildman–Crippen MR) is 89.3 cm³/mol. The van der Waals surface area contributed by atoms with Gasteiger partial charge < -0.3 is 0 Å². The Morgan fingerprint density at radius 1 is 0.619 bits per heavy atom. The Bertz CT molecular complexity index is 673. The summed E-state index contributed by atoms with van der Waals surface area (Å²) in [5, 5.41) is 1.61. The van der Waals surface area contributed by atoms with Crippen molar-refractivity contribution in [2.45, 2.75) is 11.5 Å². The van der Waals surface area contributed by atoms with E-state index in [1.54, 1.807) is 36.4 Å². The van der Waals surface area contributed by atoms with Crippen molar-refractivity contribution in [1.29, 1.82) is 0 Å². The average molecular weight is 384 g/mol. The van der Waals surface area contributed by atoms with Crippen molar-refractivity contribution in [1.82, 2.24) is 0 Å². The molecule has 112 valence electrons. The molecule has 0 aromatic heterocycles. The van der Waals surface area contributed by atoms with Gasteiger partial charge in [0, 0.05) is 20.1 Å². The summed E-state index contributed by atoms with van der Waals surface area (Å²) in [6.07, 6.45) is 0. The number of rotatable bonds is 4. The van der Waals surface area contributed by atoms with Crippen molar-refractivity contribution >= 4 is 56.2 Å². The van der Waals surface area contributed by atoms with Crippen molar-refractivity contribution in [3.8, 4) is 0 Å². The third kappa shape index (κ3) is 5.35. The molecule has 2 aromatic rings. The zero-order chi connectivity index (χ0) is 15.6. The van der Waals surface area contributed by atoms with Crippen molar-refractivity contribution in [3.05, 3.63) is 67.6 Å². The third-order valence-electron chi connectivity index (χ3n) is 2.62. The van der Waals surface area contributed by atoms with Gasteiger partial charge in [0.1, 0.15) is 0 Å². The Hall–Kier alpha value is -0.450. The first-order valence-corrected chi connectivity index (χ1v) is 9.17. The highest BCUT2D eigenvalue weighted by molar-refractivity contribution is 7.89. The van der Waals surface area contributed by atoms with Crippen LogP contribution in [0.5, 0.6) is 0 Å². The molecular weight excluding hydrogens is 374 g/mol. The van der Waals surface area contributed by atoms with Gasteiger partial charge in [-0.1, -0.05) is 46.4 Å². The molecule has 2 nitrogen and oxygen atoms in total. The molecule has 0 spiro atoms. The molecule has 0 bridgehead atoms. The predicted octanol–water partition coefficient (Wildman–Crippen LogP) is 5.42. The molecule has 0 fully saturated rings. The fourth-order valence-corrected chi connectivity index (χ4v) is 4.54. The fourth-order valence-electron chi connectivity index (χ4n) is 1.95. The molecule has 0 amide bonds. The maximum Gasteiger partial charge on any atom is 0.158 e. The second-order valence-electron chi connectivity index (χ2n) is 4.59. The second kappa shape index (κ2) is 6.76. The molecule has 2 rings (SSSR count). The molecule has 0 aliphatic rings. The topological polar surface area (TPSA) is 34.1 Å². The van der Waals surface area contributed by atoms with E-state index in [9.17, 15) is 8.42 Å². The summed E-state index contributed by atoms with van der Waals surface area (Å²) in [6.45, 7) is 0. The van der Waals surface area contributed by atoms with Crippen LogP contribution in [0.4, 0.5) is 0 Å². The van der Waals surface area contributed by atoms with Gasteiger partial charge in [0.15, 0.2) is 9.84 Å². The number of benzene rings is 2. The Balaban J connectivity index is 2.22. The van der Waals surface area contributed by atoms with E-state index in [0.717, 1.165) is 0 Å². The lowest BCUT2D eigenvalue weighted by atomic mass is 10.2. The zero-order valence-corrected chi connectivity index (χ0v) is 14.5. The summed E-state index contributed by atoms with van der Waals surface area (Å²) in [5.74, 6) is -0.311. The van der Waals surface area contributed by atoms with Crippen LogP contribution in [0.15, 0.2) is 36.4 Å². The fraction of sp³-hybridized carbons (Fsp3) is 0.143. The summed E-state index contributed by atoms with van der Waals surface area (Å²) >= 11 is 23.5. The van der Waals surface area contributed by atoms with Crippen molar-refractivity contribution in [2.75, 3.05) is 0 Å². The van der Waals surface area contributed by atoms with E-state index in [4.69, 9.17) is 46.4 Å². The molecule has 0 aliphatic carbocycles. The van der Waals surface area contributed by atoms with E-state index in [2.05, 4.69) is 0 Å². The first kappa shape index (κ1) is 16.9. The number of hydrogen-bond donors (Lipinski definition) is 0. The highest BCUT2D eigenvalue weighted by Gasteiger charge is 2.15. The lowest BCUT2D eigenvalue weighted by Gasteiger charge is -2.07. The quantitative estimate of drug-likeness (QED) is 0.706. The van der Waals surface area contributed by atoms with Crippen LogP contribution in [0, 0.1) is 0 Å². The summed E-state index contributed by atoms with van der Waals surface area (Å²) in [6, 6.07) is 9.42. The summed E-state index contributed by atoms with van der Waals surface area (Å²) < 4.78 is 24.5. The van der Waals surface area contributed by atoms with E-state index in [0.29, 0.717) is 31.2 Å². The van der Waals surface area contributed by atoms with Crippen molar-refractivity contribution in [3.63, 3.8) is 0 Å². The molecule has 0 atom stereocenters. The highest BCUT2D eigenvalue weighted by Crippen LogP contribution is 2.24. The number of hydrogen-bond acceptors (Lipinski definition) is 2. The third-order valence-corrected chi connectivity index (χ3v) is 5.04. The smallest absolute Gasteiger partial charge is 0.158 e. The van der Waals surface area contributed by atoms with Crippen LogP contribution < -0.4 is 0 Å². The summed E-state index contributed by atoms with van der Waals surface area (Å²) in [4.78, 5) is 0. The van der Waals surface area contributed by atoms with Crippen LogP contribution in [0.25, 0.3) is 0 Å². The lowest BCUT2D eigenvalue weighted by molar-refractivity contribution is 0.594. The van der Waals surface area contributed by atoms with Gasteiger partial charge in [-0.05, 0) is 47.5 Å². The first-order valence-electron chi connectivity index (χ1n) is 5.84. The molecule has 7 heteroatoms. The minimum absolute atomic E-state index is 0.155. The Labute approximate surface area is 143 Å². The Kier molecular flexibility index (Phi) is 5.44. The van der Waals surface area contributed by atoms with Gasteiger partial charge in [-0.3, -0.25) is 0 Å². The zero-order valence-electron chi connectivity index (χ0n) is 10.6. The molecule has 0 saturated heterocycles. The van der Waals surface area contributed by atoms with Gasteiger partial charge >= 0.3 is 0 Å². The van der Waals surface area contributed by atoms with Gasteiger partial charge in [0.05, 0.1) is 11.5 Å². The normalized spacial score (nSPS) is 11.6. The largest absolute Gasteiger partial charge is 0.228 e. The second-order valence-corrected chi connectivity index (χ2v) is 8.40. The number of sulfone groups is 1. The lowest BCUT2D eigenvalue weighted by Crippen LogP contribution is -2.07. The SMILES string of the molecule is O=S(=O)(Cc1cc(Cl)cc(Cl)c1)Cc1cc(Cl)cc(Cl)c1. The average Bonchev–Trinajstić information content (AvgIpc) is 2.23. The molecule has 0 saturated carbocycles. The maximum absolute atomic E-state index is 12.2. The minimum atomic E-state index is -3.39. The van der Waals surface area contributed by atoms with Crippen molar-refractivity contribution < 1.29 is 8.42 Å². The molecule has 0 heterocycles. The standard InChI is InChI=1S/C14H10Cl4O2S/c15-11-1-9(2-12(16)5-11)7-21(19,20)8-10-3-13(17)6-14(18)4-10/h1-6H,7-8H2. The van der Waals surface area contributed by atoms with Crippen LogP contribution in [0.3, 0.4) is 0 Å². The van der Waals surface area contributed by atoms with Gasteiger partial charge in [-0.15, -0.1) is 0 Å². The highest BCUT2D eigenvalue weighted by atomic mass is 35.5. The molecule has 0 aliphatic heterocycles. The van der Waals surface area contributed by atoms with E-state index in [1.165, 1.54) is 0 Å². The molecule has 0 unspecified atom stereocenters. The van der Waals surface area contributed by atoms with Gasteiger partial charge in [-0.25, -0.2) is 8.42 Å².